The highest BCUT2D eigenvalue weighted by Crippen LogP contribution is 2.30. The van der Waals surface area contributed by atoms with Gasteiger partial charge >= 0.3 is 0 Å². The van der Waals surface area contributed by atoms with E-state index in [9.17, 15) is 12.8 Å². The van der Waals surface area contributed by atoms with E-state index in [0.29, 0.717) is 28.4 Å². The fourth-order valence-corrected chi connectivity index (χ4v) is 6.24. The van der Waals surface area contributed by atoms with Crippen LogP contribution in [0.1, 0.15) is 17.7 Å². The van der Waals surface area contributed by atoms with Crippen LogP contribution in [0.3, 0.4) is 0 Å². The zero-order valence-corrected chi connectivity index (χ0v) is 19.8. The van der Waals surface area contributed by atoms with Crippen molar-refractivity contribution in [2.75, 3.05) is 11.3 Å². The predicted molar refractivity (Wildman–Crippen MR) is 133 cm³/mol. The van der Waals surface area contributed by atoms with Crippen LogP contribution >= 0.6 is 11.3 Å². The normalized spacial score (nSPS) is 11.9. The number of anilines is 1. The van der Waals surface area contributed by atoms with Crippen molar-refractivity contribution in [3.05, 3.63) is 89.9 Å². The number of aromatic nitrogens is 1. The average molecular weight is 496 g/mol. The number of hydrogen-bond donors (Lipinski definition) is 2. The molecule has 0 aliphatic heterocycles. The lowest BCUT2D eigenvalue weighted by molar-refractivity contribution is 0.442. The molecular formula is C25H22FN3O3S2. The maximum atomic E-state index is 13.3. The van der Waals surface area contributed by atoms with Gasteiger partial charge in [0.1, 0.15) is 10.0 Å². The number of sulfonamides is 1. The molecule has 2 heterocycles. The molecule has 0 aliphatic carbocycles. The van der Waals surface area contributed by atoms with Gasteiger partial charge in [0.2, 0.25) is 0 Å². The van der Waals surface area contributed by atoms with E-state index in [0.717, 1.165) is 39.7 Å². The zero-order valence-electron chi connectivity index (χ0n) is 18.1. The molecule has 5 aromatic rings. The average Bonchev–Trinajstić information content (AvgIpc) is 3.43. The first-order chi connectivity index (χ1) is 16.5. The van der Waals surface area contributed by atoms with Gasteiger partial charge in [-0.2, -0.15) is 0 Å². The van der Waals surface area contributed by atoms with Gasteiger partial charge in [0.25, 0.3) is 10.0 Å². The summed E-state index contributed by atoms with van der Waals surface area (Å²) in [5.74, 6) is -0.342. The Hall–Kier alpha value is -3.27. The number of hydrogen-bond acceptors (Lipinski definition) is 6. The van der Waals surface area contributed by atoms with Crippen LogP contribution in [-0.4, -0.2) is 20.1 Å². The zero-order chi connectivity index (χ0) is 23.5. The van der Waals surface area contributed by atoms with Gasteiger partial charge in [0.05, 0.1) is 5.69 Å². The van der Waals surface area contributed by atoms with Crippen LogP contribution in [-0.2, 0) is 23.0 Å². The Morgan fingerprint density at radius 3 is 2.76 bits per heavy atom. The second-order valence-electron chi connectivity index (χ2n) is 7.96. The molecule has 0 bridgehead atoms. The molecule has 0 unspecified atom stereocenters. The van der Waals surface area contributed by atoms with Crippen LogP contribution in [0.15, 0.2) is 81.5 Å². The molecule has 0 radical (unpaired) electrons. The molecule has 2 N–H and O–H groups in total. The van der Waals surface area contributed by atoms with Crippen LogP contribution in [0.5, 0.6) is 0 Å². The van der Waals surface area contributed by atoms with Crippen molar-refractivity contribution in [3.63, 3.8) is 0 Å². The van der Waals surface area contributed by atoms with Crippen LogP contribution in [0, 0.1) is 5.82 Å². The van der Waals surface area contributed by atoms with E-state index in [4.69, 9.17) is 4.52 Å². The lowest BCUT2D eigenvalue weighted by Crippen LogP contribution is -2.16. The molecule has 174 valence electrons. The topological polar surface area (TPSA) is 84.2 Å². The molecule has 9 heteroatoms. The van der Waals surface area contributed by atoms with Gasteiger partial charge in [-0.25, -0.2) is 12.8 Å². The maximum Gasteiger partial charge on any atom is 0.271 e. The monoisotopic (exact) mass is 495 g/mol. The Morgan fingerprint density at radius 1 is 1.00 bits per heavy atom. The molecule has 6 nitrogen and oxygen atoms in total. The summed E-state index contributed by atoms with van der Waals surface area (Å²) >= 11 is 1.25. The Morgan fingerprint density at radius 2 is 1.88 bits per heavy atom. The van der Waals surface area contributed by atoms with Crippen molar-refractivity contribution < 1.29 is 17.3 Å². The molecule has 0 spiro atoms. The maximum absolute atomic E-state index is 13.3. The van der Waals surface area contributed by atoms with Crippen molar-refractivity contribution in [2.24, 2.45) is 0 Å². The van der Waals surface area contributed by atoms with Crippen LogP contribution in [0.25, 0.3) is 21.1 Å². The van der Waals surface area contributed by atoms with Gasteiger partial charge in [-0.3, -0.25) is 4.72 Å². The van der Waals surface area contributed by atoms with E-state index in [1.54, 1.807) is 18.2 Å². The highest BCUT2D eigenvalue weighted by Gasteiger charge is 2.17. The molecular weight excluding hydrogens is 473 g/mol. The van der Waals surface area contributed by atoms with Crippen molar-refractivity contribution in [1.82, 2.24) is 10.5 Å². The molecule has 0 fully saturated rings. The predicted octanol–water partition coefficient (Wildman–Crippen LogP) is 5.70. The third kappa shape index (κ3) is 4.96. The number of halogens is 1. The second-order valence-corrected chi connectivity index (χ2v) is 11.0. The Kier molecular flexibility index (Phi) is 6.32. The van der Waals surface area contributed by atoms with E-state index in [1.165, 1.54) is 23.5 Å². The lowest BCUT2D eigenvalue weighted by atomic mass is 10.1. The molecule has 3 aromatic carbocycles. The van der Waals surface area contributed by atoms with Crippen molar-refractivity contribution in [1.29, 1.82) is 0 Å². The van der Waals surface area contributed by atoms with E-state index < -0.39 is 10.0 Å². The second kappa shape index (κ2) is 9.54. The molecule has 5 rings (SSSR count). The minimum atomic E-state index is -3.66. The SMILES string of the molecule is O=S(=O)(Nc1cccc(CNCCCc2noc3cc(F)ccc23)c1)c1cc2ccccc2s1. The number of rotatable bonds is 9. The molecule has 34 heavy (non-hydrogen) atoms. The summed E-state index contributed by atoms with van der Waals surface area (Å²) in [7, 11) is -3.66. The Balaban J connectivity index is 1.15. The summed E-state index contributed by atoms with van der Waals surface area (Å²) in [5, 5.41) is 9.16. The van der Waals surface area contributed by atoms with Gasteiger partial charge in [-0.05, 0) is 66.7 Å². The van der Waals surface area contributed by atoms with Crippen LogP contribution < -0.4 is 10.0 Å². The number of fused-ring (bicyclic) bond motifs is 2. The smallest absolute Gasteiger partial charge is 0.271 e. The first-order valence-corrected chi connectivity index (χ1v) is 13.1. The molecule has 2 aromatic heterocycles. The summed E-state index contributed by atoms with van der Waals surface area (Å²) in [6.07, 6.45) is 1.54. The van der Waals surface area contributed by atoms with Crippen LogP contribution in [0.2, 0.25) is 0 Å². The molecule has 0 atom stereocenters. The molecule has 0 saturated carbocycles. The van der Waals surface area contributed by atoms with E-state index in [-0.39, 0.29) is 5.82 Å². The standard InChI is InChI=1S/C25H22FN3O3S2/c26-19-10-11-21-22(28-32-23(21)15-19)8-4-12-27-16-17-5-3-7-20(13-17)29-34(30,31)25-14-18-6-1-2-9-24(18)33-25/h1-3,5-7,9-11,13-15,27,29H,4,8,12,16H2. The number of aryl methyl sites for hydroxylation is 1. The largest absolute Gasteiger partial charge is 0.356 e. The summed E-state index contributed by atoms with van der Waals surface area (Å²) < 4.78 is 48.1. The quantitative estimate of drug-likeness (QED) is 0.256. The Labute approximate surface area is 200 Å². The van der Waals surface area contributed by atoms with E-state index in [2.05, 4.69) is 15.2 Å². The van der Waals surface area contributed by atoms with Crippen molar-refractivity contribution in [2.45, 2.75) is 23.6 Å². The van der Waals surface area contributed by atoms with E-state index in [1.807, 2.05) is 42.5 Å². The number of nitrogens with one attached hydrogen (secondary N) is 2. The van der Waals surface area contributed by atoms with Gasteiger partial charge in [-0.15, -0.1) is 11.3 Å². The summed E-state index contributed by atoms with van der Waals surface area (Å²) in [5.41, 5.74) is 2.77. The third-order valence-electron chi connectivity index (χ3n) is 5.45. The first kappa shape index (κ1) is 22.5. The number of benzene rings is 3. The lowest BCUT2D eigenvalue weighted by Gasteiger charge is -2.09. The minimum Gasteiger partial charge on any atom is -0.356 e. The van der Waals surface area contributed by atoms with Gasteiger partial charge < -0.3 is 9.84 Å². The molecule has 0 amide bonds. The van der Waals surface area contributed by atoms with Gasteiger partial charge in [0.15, 0.2) is 5.58 Å². The van der Waals surface area contributed by atoms with Crippen molar-refractivity contribution >= 4 is 48.1 Å². The summed E-state index contributed by atoms with van der Waals surface area (Å²) in [4.78, 5) is 0. The third-order valence-corrected chi connectivity index (χ3v) is 8.42. The van der Waals surface area contributed by atoms with Crippen molar-refractivity contribution in [3.8, 4) is 0 Å². The minimum absolute atomic E-state index is 0.292. The first-order valence-electron chi connectivity index (χ1n) is 10.8. The van der Waals surface area contributed by atoms with Gasteiger partial charge in [-0.1, -0.05) is 35.5 Å². The highest BCUT2D eigenvalue weighted by atomic mass is 32.2. The van der Waals surface area contributed by atoms with E-state index >= 15 is 0 Å². The molecule has 0 aliphatic rings. The summed E-state index contributed by atoms with van der Waals surface area (Å²) in [6.45, 7) is 1.34. The fraction of sp³-hybridized carbons (Fsp3) is 0.160. The van der Waals surface area contributed by atoms with Gasteiger partial charge in [0, 0.05) is 28.4 Å². The summed E-state index contributed by atoms with van der Waals surface area (Å²) in [6, 6.07) is 21.1. The van der Waals surface area contributed by atoms with Crippen LogP contribution in [0.4, 0.5) is 10.1 Å². The highest BCUT2D eigenvalue weighted by molar-refractivity contribution is 7.94. The number of thiophene rings is 1. The number of nitrogens with zero attached hydrogens (tertiary/aromatic N) is 1. The fourth-order valence-electron chi connectivity index (χ4n) is 3.80. The Bertz CT molecular complexity index is 1530. The molecule has 0 saturated heterocycles.